The van der Waals surface area contributed by atoms with E-state index in [0.717, 1.165) is 61.4 Å². The van der Waals surface area contributed by atoms with E-state index < -0.39 is 11.6 Å². The van der Waals surface area contributed by atoms with Gasteiger partial charge in [-0.2, -0.15) is 0 Å². The molecular weight excluding hydrogens is 432 g/mol. The summed E-state index contributed by atoms with van der Waals surface area (Å²) >= 11 is 6.62. The molecule has 0 atom stereocenters. The molecule has 0 saturated carbocycles. The van der Waals surface area contributed by atoms with Gasteiger partial charge in [-0.25, -0.2) is 13.8 Å². The number of carbonyl (C=O) groups excluding carboxylic acids is 1. The van der Waals surface area contributed by atoms with Gasteiger partial charge in [0.05, 0.1) is 10.7 Å². The number of anilines is 2. The van der Waals surface area contributed by atoms with Crippen LogP contribution in [0.25, 0.3) is 0 Å². The minimum atomic E-state index is -0.804. The van der Waals surface area contributed by atoms with E-state index in [0.29, 0.717) is 16.6 Å². The molecule has 1 fully saturated rings. The first-order chi connectivity index (χ1) is 15.3. The SMILES string of the molecule is CC(=N/C(C)=C\C=O)N(C)c1ccc(N2CCC(Cc3ccc(F)c(F)c3)CC2)c(Cl)c1. The summed E-state index contributed by atoms with van der Waals surface area (Å²) in [6, 6.07) is 10.1. The zero-order valence-electron chi connectivity index (χ0n) is 18.6. The second-order valence-electron chi connectivity index (χ2n) is 8.18. The minimum absolute atomic E-state index is 0.432. The molecule has 1 aliphatic rings. The number of halogens is 3. The highest BCUT2D eigenvalue weighted by molar-refractivity contribution is 6.33. The molecule has 0 N–H and O–H groups in total. The fraction of sp³-hybridized carbons (Fsp3) is 0.360. The van der Waals surface area contributed by atoms with E-state index in [1.165, 1.54) is 18.2 Å². The molecule has 1 aliphatic heterocycles. The molecule has 0 unspecified atom stereocenters. The van der Waals surface area contributed by atoms with Gasteiger partial charge >= 0.3 is 0 Å². The Hall–Kier alpha value is -2.73. The summed E-state index contributed by atoms with van der Waals surface area (Å²) in [4.78, 5) is 19.2. The van der Waals surface area contributed by atoms with Crippen molar-refractivity contribution in [1.29, 1.82) is 0 Å². The zero-order chi connectivity index (χ0) is 23.3. The second kappa shape index (κ2) is 10.7. The maximum absolute atomic E-state index is 13.5. The molecule has 0 bridgehead atoms. The molecule has 0 amide bonds. The molecule has 0 aromatic heterocycles. The molecule has 32 heavy (non-hydrogen) atoms. The molecular formula is C25H28ClF2N3O. The summed E-state index contributed by atoms with van der Waals surface area (Å²) in [5, 5.41) is 0.668. The van der Waals surface area contributed by atoms with E-state index in [4.69, 9.17) is 11.6 Å². The number of benzene rings is 2. The van der Waals surface area contributed by atoms with Crippen LogP contribution in [0.1, 0.15) is 32.3 Å². The first-order valence-corrected chi connectivity index (χ1v) is 11.1. The minimum Gasteiger partial charge on any atom is -0.370 e. The van der Waals surface area contributed by atoms with Crippen molar-refractivity contribution in [1.82, 2.24) is 0 Å². The van der Waals surface area contributed by atoms with Gasteiger partial charge in [-0.15, -0.1) is 0 Å². The zero-order valence-corrected chi connectivity index (χ0v) is 19.4. The lowest BCUT2D eigenvalue weighted by Gasteiger charge is -2.34. The van der Waals surface area contributed by atoms with Gasteiger partial charge in [-0.1, -0.05) is 17.7 Å². The van der Waals surface area contributed by atoms with Crippen molar-refractivity contribution in [3.8, 4) is 0 Å². The summed E-state index contributed by atoms with van der Waals surface area (Å²) in [5.74, 6) is -0.405. The number of hydrogen-bond donors (Lipinski definition) is 0. The van der Waals surface area contributed by atoms with Crippen molar-refractivity contribution in [3.05, 3.63) is 70.4 Å². The van der Waals surface area contributed by atoms with Crippen LogP contribution in [0, 0.1) is 17.6 Å². The largest absolute Gasteiger partial charge is 0.370 e. The molecule has 0 spiro atoms. The maximum Gasteiger partial charge on any atom is 0.159 e. The lowest BCUT2D eigenvalue weighted by atomic mass is 9.90. The molecule has 1 saturated heterocycles. The summed E-state index contributed by atoms with van der Waals surface area (Å²) in [7, 11) is 1.90. The van der Waals surface area contributed by atoms with E-state index in [9.17, 15) is 13.6 Å². The van der Waals surface area contributed by atoms with Crippen LogP contribution in [-0.4, -0.2) is 32.3 Å². The van der Waals surface area contributed by atoms with Crippen LogP contribution in [0.15, 0.2) is 53.2 Å². The van der Waals surface area contributed by atoms with Crippen LogP contribution in [0.4, 0.5) is 20.2 Å². The molecule has 0 radical (unpaired) electrons. The van der Waals surface area contributed by atoms with Crippen molar-refractivity contribution in [2.24, 2.45) is 10.9 Å². The van der Waals surface area contributed by atoms with Crippen LogP contribution in [-0.2, 0) is 11.2 Å². The highest BCUT2D eigenvalue weighted by Gasteiger charge is 2.22. The molecule has 4 nitrogen and oxygen atoms in total. The van der Waals surface area contributed by atoms with Crippen LogP contribution < -0.4 is 9.80 Å². The Morgan fingerprint density at radius 3 is 2.50 bits per heavy atom. The molecule has 170 valence electrons. The number of carbonyl (C=O) groups is 1. The predicted octanol–water partition coefficient (Wildman–Crippen LogP) is 6.03. The summed E-state index contributed by atoms with van der Waals surface area (Å²) in [6.45, 7) is 5.37. The fourth-order valence-electron chi connectivity index (χ4n) is 3.99. The Balaban J connectivity index is 1.63. The van der Waals surface area contributed by atoms with Gasteiger partial charge in [-0.05, 0) is 81.0 Å². The number of nitrogens with zero attached hydrogens (tertiary/aromatic N) is 3. The molecule has 1 heterocycles. The van der Waals surface area contributed by atoms with Gasteiger partial charge in [0.1, 0.15) is 12.1 Å². The fourth-order valence-corrected chi connectivity index (χ4v) is 4.29. The Kier molecular flexibility index (Phi) is 8.02. The van der Waals surface area contributed by atoms with E-state index in [1.807, 2.05) is 37.1 Å². The van der Waals surface area contributed by atoms with E-state index in [-0.39, 0.29) is 0 Å². The number of piperidine rings is 1. The normalized spacial score (nSPS) is 15.8. The van der Waals surface area contributed by atoms with E-state index in [1.54, 1.807) is 13.0 Å². The quantitative estimate of drug-likeness (QED) is 0.229. The summed E-state index contributed by atoms with van der Waals surface area (Å²) < 4.78 is 26.6. The first kappa shape index (κ1) is 23.9. The molecule has 2 aromatic carbocycles. The van der Waals surface area contributed by atoms with Crippen LogP contribution in [0.2, 0.25) is 5.02 Å². The first-order valence-electron chi connectivity index (χ1n) is 10.7. The van der Waals surface area contributed by atoms with Crippen molar-refractivity contribution in [3.63, 3.8) is 0 Å². The maximum atomic E-state index is 13.5. The standard InChI is InChI=1S/C25H28ClF2N3O/c1-17(10-13-32)29-18(2)30(3)21-5-7-25(22(26)16-21)31-11-8-19(9-12-31)14-20-4-6-23(27)24(28)15-20/h4-7,10,13,15-16,19H,8-9,11-12,14H2,1-3H3/b17-10-,29-18?. The molecule has 7 heteroatoms. The Morgan fingerprint density at radius 1 is 1.16 bits per heavy atom. The molecule has 0 aliphatic carbocycles. The lowest BCUT2D eigenvalue weighted by molar-refractivity contribution is -0.104. The van der Waals surface area contributed by atoms with Crippen molar-refractivity contribution in [2.75, 3.05) is 29.9 Å². The highest BCUT2D eigenvalue weighted by Crippen LogP contribution is 2.33. The van der Waals surface area contributed by atoms with Gasteiger partial charge < -0.3 is 9.80 Å². The van der Waals surface area contributed by atoms with Crippen molar-refractivity contribution in [2.45, 2.75) is 33.1 Å². The van der Waals surface area contributed by atoms with Gasteiger partial charge in [0.15, 0.2) is 11.6 Å². The Bertz CT molecular complexity index is 1030. The number of hydrogen-bond acceptors (Lipinski definition) is 3. The van der Waals surface area contributed by atoms with Gasteiger partial charge in [-0.3, -0.25) is 4.79 Å². The molecule has 2 aromatic rings. The third-order valence-corrected chi connectivity index (χ3v) is 6.22. The third kappa shape index (κ3) is 5.94. The number of allylic oxidation sites excluding steroid dienone is 2. The number of aliphatic imine (C=N–C) groups is 1. The van der Waals surface area contributed by atoms with Gasteiger partial charge in [0.2, 0.25) is 0 Å². The molecule has 3 rings (SSSR count). The van der Waals surface area contributed by atoms with Crippen molar-refractivity contribution < 1.29 is 13.6 Å². The smallest absolute Gasteiger partial charge is 0.159 e. The average molecular weight is 460 g/mol. The topological polar surface area (TPSA) is 35.9 Å². The average Bonchev–Trinajstić information content (AvgIpc) is 2.76. The van der Waals surface area contributed by atoms with Gasteiger partial charge in [0, 0.05) is 31.5 Å². The number of rotatable bonds is 6. The predicted molar refractivity (Wildman–Crippen MR) is 128 cm³/mol. The number of aldehydes is 1. The summed E-state index contributed by atoms with van der Waals surface area (Å²) in [5.41, 5.74) is 3.37. The lowest BCUT2D eigenvalue weighted by Crippen LogP contribution is -2.34. The van der Waals surface area contributed by atoms with Crippen molar-refractivity contribution >= 4 is 35.1 Å². The number of amidine groups is 1. The van der Waals surface area contributed by atoms with Gasteiger partial charge in [0.25, 0.3) is 0 Å². The van der Waals surface area contributed by atoms with E-state index in [2.05, 4.69) is 9.89 Å². The second-order valence-corrected chi connectivity index (χ2v) is 8.59. The summed E-state index contributed by atoms with van der Waals surface area (Å²) in [6.07, 6.45) is 4.82. The monoisotopic (exact) mass is 459 g/mol. The van der Waals surface area contributed by atoms with E-state index >= 15 is 0 Å². The third-order valence-electron chi connectivity index (χ3n) is 5.91. The Labute approximate surface area is 193 Å². The van der Waals surface area contributed by atoms with Crippen LogP contribution in [0.5, 0.6) is 0 Å². The Morgan fingerprint density at radius 2 is 1.88 bits per heavy atom. The van der Waals surface area contributed by atoms with Crippen LogP contribution >= 0.6 is 11.6 Å². The van der Waals surface area contributed by atoms with Crippen LogP contribution in [0.3, 0.4) is 0 Å². The highest BCUT2D eigenvalue weighted by atomic mass is 35.5.